The average molecular weight is 460 g/mol. The van der Waals surface area contributed by atoms with Gasteiger partial charge in [0, 0.05) is 5.69 Å². The number of nitro benzene ring substituents is 1. The summed E-state index contributed by atoms with van der Waals surface area (Å²) in [6.07, 6.45) is 0. The first-order valence-corrected chi connectivity index (χ1v) is 10.2. The fourth-order valence-corrected chi connectivity index (χ4v) is 3.53. The summed E-state index contributed by atoms with van der Waals surface area (Å²) < 4.78 is 12.0. The van der Waals surface area contributed by atoms with Crippen molar-refractivity contribution in [3.8, 4) is 11.4 Å². The molecule has 0 aliphatic rings. The van der Waals surface area contributed by atoms with E-state index in [0.717, 1.165) is 17.0 Å². The van der Waals surface area contributed by atoms with Crippen molar-refractivity contribution >= 4 is 34.3 Å². The van der Waals surface area contributed by atoms with Gasteiger partial charge in [0.25, 0.3) is 11.6 Å². The van der Waals surface area contributed by atoms with E-state index in [4.69, 9.17) is 9.47 Å². The van der Waals surface area contributed by atoms with Gasteiger partial charge in [-0.3, -0.25) is 19.5 Å². The van der Waals surface area contributed by atoms with E-state index < -0.39 is 23.4 Å². The van der Waals surface area contributed by atoms with Crippen LogP contribution in [0.25, 0.3) is 16.7 Å². The second-order valence-electron chi connectivity index (χ2n) is 7.30. The smallest absolute Gasteiger partial charge is 0.338 e. The molecular formula is C24H20N4O6. The topological polar surface area (TPSA) is 126 Å². The number of esters is 1. The third kappa shape index (κ3) is 4.56. The van der Waals surface area contributed by atoms with Gasteiger partial charge in [0.1, 0.15) is 17.3 Å². The van der Waals surface area contributed by atoms with Crippen LogP contribution in [-0.4, -0.2) is 40.1 Å². The van der Waals surface area contributed by atoms with Gasteiger partial charge in [-0.25, -0.2) is 9.78 Å². The van der Waals surface area contributed by atoms with Gasteiger partial charge < -0.3 is 14.8 Å². The summed E-state index contributed by atoms with van der Waals surface area (Å²) in [4.78, 5) is 39.9. The number of aromatic nitrogens is 2. The molecule has 1 heterocycles. The second kappa shape index (κ2) is 9.41. The standard InChI is InChI=1S/C24H20N4O6/c1-15-25-20-12-16(8-11-21(20)27(15)17-6-4-3-5-7-17)24(30)34-14-23(29)26-19-10-9-18(33-2)13-22(19)28(31)32/h3-13H,14H2,1-2H3,(H,26,29). The number of anilines is 1. The fraction of sp³-hybridized carbons (Fsp3) is 0.125. The highest BCUT2D eigenvalue weighted by Gasteiger charge is 2.19. The number of fused-ring (bicyclic) bond motifs is 1. The van der Waals surface area contributed by atoms with E-state index in [1.165, 1.54) is 25.3 Å². The predicted molar refractivity (Wildman–Crippen MR) is 124 cm³/mol. The van der Waals surface area contributed by atoms with Gasteiger partial charge in [0.15, 0.2) is 6.61 Å². The van der Waals surface area contributed by atoms with Crippen LogP contribution in [0.4, 0.5) is 11.4 Å². The molecule has 1 amide bonds. The van der Waals surface area contributed by atoms with Crippen LogP contribution in [0.3, 0.4) is 0 Å². The lowest BCUT2D eigenvalue weighted by Gasteiger charge is -2.09. The Hall–Kier alpha value is -4.73. The number of para-hydroxylation sites is 1. The molecule has 0 aliphatic heterocycles. The van der Waals surface area contributed by atoms with Gasteiger partial charge in [0.05, 0.1) is 34.7 Å². The maximum Gasteiger partial charge on any atom is 0.338 e. The minimum Gasteiger partial charge on any atom is -0.496 e. The summed E-state index contributed by atoms with van der Waals surface area (Å²) in [5.74, 6) is -0.399. The van der Waals surface area contributed by atoms with Crippen LogP contribution in [0.1, 0.15) is 16.2 Å². The largest absolute Gasteiger partial charge is 0.496 e. The highest BCUT2D eigenvalue weighted by Crippen LogP contribution is 2.29. The molecule has 10 nitrogen and oxygen atoms in total. The van der Waals surface area contributed by atoms with Crippen LogP contribution >= 0.6 is 0 Å². The number of imidazole rings is 1. The predicted octanol–water partition coefficient (Wildman–Crippen LogP) is 4.05. The molecule has 34 heavy (non-hydrogen) atoms. The first kappa shape index (κ1) is 22.5. The minimum atomic E-state index is -0.716. The first-order valence-electron chi connectivity index (χ1n) is 10.2. The van der Waals surface area contributed by atoms with Crippen LogP contribution < -0.4 is 10.1 Å². The fourth-order valence-electron chi connectivity index (χ4n) is 3.53. The van der Waals surface area contributed by atoms with Crippen molar-refractivity contribution in [3.05, 3.63) is 88.2 Å². The highest BCUT2D eigenvalue weighted by atomic mass is 16.6. The number of hydrogen-bond acceptors (Lipinski definition) is 7. The van der Waals surface area contributed by atoms with E-state index in [9.17, 15) is 19.7 Å². The minimum absolute atomic E-state index is 0.0322. The molecule has 0 spiro atoms. The number of benzene rings is 3. The van der Waals surface area contributed by atoms with E-state index in [2.05, 4.69) is 10.3 Å². The van der Waals surface area contributed by atoms with E-state index >= 15 is 0 Å². The van der Waals surface area contributed by atoms with E-state index in [1.54, 1.807) is 18.2 Å². The Morgan fingerprint density at radius 1 is 1.09 bits per heavy atom. The summed E-state index contributed by atoms with van der Waals surface area (Å²) in [6.45, 7) is 1.26. The van der Waals surface area contributed by atoms with Gasteiger partial charge in [-0.1, -0.05) is 18.2 Å². The molecule has 172 valence electrons. The third-order valence-electron chi connectivity index (χ3n) is 5.08. The van der Waals surface area contributed by atoms with Gasteiger partial charge >= 0.3 is 5.97 Å². The van der Waals surface area contributed by atoms with Crippen molar-refractivity contribution < 1.29 is 24.0 Å². The number of amides is 1. The number of nitro groups is 1. The Morgan fingerprint density at radius 3 is 2.56 bits per heavy atom. The van der Waals surface area contributed by atoms with Crippen LogP contribution in [0.2, 0.25) is 0 Å². The Morgan fingerprint density at radius 2 is 1.85 bits per heavy atom. The average Bonchev–Trinajstić information content (AvgIpc) is 3.17. The number of rotatable bonds is 7. The van der Waals surface area contributed by atoms with Gasteiger partial charge in [-0.2, -0.15) is 0 Å². The Kier molecular flexibility index (Phi) is 6.22. The number of ether oxygens (including phenoxy) is 2. The van der Waals surface area contributed by atoms with Crippen molar-refractivity contribution in [2.45, 2.75) is 6.92 Å². The number of nitrogens with one attached hydrogen (secondary N) is 1. The van der Waals surface area contributed by atoms with Crippen molar-refractivity contribution in [2.75, 3.05) is 19.0 Å². The zero-order valence-corrected chi connectivity index (χ0v) is 18.3. The highest BCUT2D eigenvalue weighted by molar-refractivity contribution is 5.98. The molecule has 0 atom stereocenters. The second-order valence-corrected chi connectivity index (χ2v) is 7.30. The zero-order chi connectivity index (χ0) is 24.2. The molecule has 0 aliphatic carbocycles. The molecule has 0 fully saturated rings. The molecule has 4 aromatic rings. The molecule has 1 aromatic heterocycles. The number of hydrogen-bond donors (Lipinski definition) is 1. The molecular weight excluding hydrogens is 440 g/mol. The number of nitrogens with zero attached hydrogens (tertiary/aromatic N) is 3. The maximum absolute atomic E-state index is 12.5. The lowest BCUT2D eigenvalue weighted by Crippen LogP contribution is -2.21. The normalized spacial score (nSPS) is 10.6. The van der Waals surface area contributed by atoms with Crippen molar-refractivity contribution in [1.29, 1.82) is 0 Å². The van der Waals surface area contributed by atoms with Gasteiger partial charge in [-0.05, 0) is 49.4 Å². The quantitative estimate of drug-likeness (QED) is 0.251. The molecule has 3 aromatic carbocycles. The number of aryl methyl sites for hydroxylation is 1. The van der Waals surface area contributed by atoms with Crippen LogP contribution in [0.5, 0.6) is 5.75 Å². The van der Waals surface area contributed by atoms with Crippen LogP contribution in [-0.2, 0) is 9.53 Å². The third-order valence-corrected chi connectivity index (χ3v) is 5.08. The maximum atomic E-state index is 12.5. The lowest BCUT2D eigenvalue weighted by molar-refractivity contribution is -0.384. The molecule has 0 bridgehead atoms. The molecule has 0 saturated carbocycles. The number of carbonyl (C=O) groups excluding carboxylic acids is 2. The summed E-state index contributed by atoms with van der Waals surface area (Å²) in [6, 6.07) is 18.7. The summed E-state index contributed by atoms with van der Waals surface area (Å²) >= 11 is 0. The first-order chi connectivity index (χ1) is 16.4. The lowest BCUT2D eigenvalue weighted by atomic mass is 10.2. The summed E-state index contributed by atoms with van der Waals surface area (Å²) in [7, 11) is 1.38. The van der Waals surface area contributed by atoms with Crippen LogP contribution in [0, 0.1) is 17.0 Å². The monoisotopic (exact) mass is 460 g/mol. The summed E-state index contributed by atoms with van der Waals surface area (Å²) in [5.41, 5.74) is 2.23. The van der Waals surface area contributed by atoms with Gasteiger partial charge in [0.2, 0.25) is 0 Å². The Bertz CT molecular complexity index is 1400. The molecule has 0 radical (unpaired) electrons. The zero-order valence-electron chi connectivity index (χ0n) is 18.3. The molecule has 0 unspecified atom stereocenters. The molecule has 0 saturated heterocycles. The molecule has 10 heteroatoms. The van der Waals surface area contributed by atoms with Crippen molar-refractivity contribution in [1.82, 2.24) is 9.55 Å². The number of carbonyl (C=O) groups is 2. The van der Waals surface area contributed by atoms with E-state index in [1.807, 2.05) is 41.8 Å². The molecule has 4 rings (SSSR count). The SMILES string of the molecule is COc1ccc(NC(=O)COC(=O)c2ccc3c(c2)nc(C)n3-c2ccccc2)c([N+](=O)[O-])c1. The molecule has 1 N–H and O–H groups in total. The Balaban J connectivity index is 1.46. The van der Waals surface area contributed by atoms with Crippen LogP contribution in [0.15, 0.2) is 66.7 Å². The van der Waals surface area contributed by atoms with E-state index in [0.29, 0.717) is 5.52 Å². The number of methoxy groups -OCH3 is 1. The summed E-state index contributed by atoms with van der Waals surface area (Å²) in [5, 5.41) is 13.6. The van der Waals surface area contributed by atoms with E-state index in [-0.39, 0.29) is 22.7 Å². The Labute approximate surface area is 193 Å². The van der Waals surface area contributed by atoms with Crippen molar-refractivity contribution in [3.63, 3.8) is 0 Å². The van der Waals surface area contributed by atoms with Crippen molar-refractivity contribution in [2.24, 2.45) is 0 Å². The van der Waals surface area contributed by atoms with Gasteiger partial charge in [-0.15, -0.1) is 0 Å².